The van der Waals surface area contributed by atoms with Crippen LogP contribution in [0.2, 0.25) is 0 Å². The topological polar surface area (TPSA) is 60.4 Å². The van der Waals surface area contributed by atoms with Crippen molar-refractivity contribution in [2.24, 2.45) is 0 Å². The van der Waals surface area contributed by atoms with Crippen LogP contribution in [0.3, 0.4) is 0 Å². The molecule has 0 N–H and O–H groups in total. The fourth-order valence-electron chi connectivity index (χ4n) is 1.63. The van der Waals surface area contributed by atoms with Crippen molar-refractivity contribution in [2.75, 3.05) is 12.9 Å². The predicted octanol–water partition coefficient (Wildman–Crippen LogP) is 3.83. The maximum atomic E-state index is 12.8. The SMILES string of the molecule is COC(=O)C(Cl)(CCCC(F)(F)C(F)(F)F)S(=O)(=O)CCC(F)(F)F. The van der Waals surface area contributed by atoms with E-state index in [1.54, 1.807) is 0 Å². The van der Waals surface area contributed by atoms with E-state index in [-0.39, 0.29) is 0 Å². The standard InChI is InChI=1S/C11H13ClF8O4S/c1-24-7(21)8(12,25(22,23)6-5-10(15,16)17)3-2-4-9(13,14)11(18,19)20/h2-6H2,1H3. The summed E-state index contributed by atoms with van der Waals surface area (Å²) in [6.45, 7) is 0. The Morgan fingerprint density at radius 3 is 1.80 bits per heavy atom. The zero-order valence-electron chi connectivity index (χ0n) is 12.5. The number of alkyl halides is 9. The van der Waals surface area contributed by atoms with E-state index in [1.165, 1.54) is 0 Å². The molecule has 14 heteroatoms. The third kappa shape index (κ3) is 6.42. The van der Waals surface area contributed by atoms with Crippen molar-refractivity contribution in [3.8, 4) is 0 Å². The van der Waals surface area contributed by atoms with E-state index in [4.69, 9.17) is 11.6 Å². The van der Waals surface area contributed by atoms with Gasteiger partial charge in [-0.25, -0.2) is 13.2 Å². The molecule has 0 aromatic carbocycles. The molecule has 1 atom stereocenters. The van der Waals surface area contributed by atoms with Crippen molar-refractivity contribution in [1.82, 2.24) is 0 Å². The van der Waals surface area contributed by atoms with Gasteiger partial charge in [0, 0.05) is 6.42 Å². The normalized spacial score (nSPS) is 16.4. The maximum absolute atomic E-state index is 12.8. The number of carbonyl (C=O) groups excluding carboxylic acids is 1. The predicted molar refractivity (Wildman–Crippen MR) is 69.9 cm³/mol. The largest absolute Gasteiger partial charge is 0.467 e. The van der Waals surface area contributed by atoms with Crippen LogP contribution in [0, 0.1) is 0 Å². The Hall–Kier alpha value is -0.850. The number of carbonyl (C=O) groups is 1. The van der Waals surface area contributed by atoms with Crippen LogP contribution in [0.25, 0.3) is 0 Å². The van der Waals surface area contributed by atoms with E-state index in [0.29, 0.717) is 7.11 Å². The monoisotopic (exact) mass is 428 g/mol. The quantitative estimate of drug-likeness (QED) is 0.335. The van der Waals surface area contributed by atoms with Crippen molar-refractivity contribution in [3.05, 3.63) is 0 Å². The van der Waals surface area contributed by atoms with E-state index in [0.717, 1.165) is 0 Å². The second-order valence-corrected chi connectivity index (χ2v) is 8.16. The Bertz CT molecular complexity index is 572. The van der Waals surface area contributed by atoms with Crippen LogP contribution < -0.4 is 0 Å². The van der Waals surface area contributed by atoms with Crippen molar-refractivity contribution >= 4 is 27.4 Å². The highest BCUT2D eigenvalue weighted by molar-refractivity contribution is 7.95. The minimum atomic E-state index is -5.91. The molecule has 0 aliphatic rings. The summed E-state index contributed by atoms with van der Waals surface area (Å²) in [5.41, 5.74) is 0. The number of rotatable bonds is 8. The molecule has 0 saturated carbocycles. The molecule has 150 valence electrons. The van der Waals surface area contributed by atoms with Gasteiger partial charge in [0.05, 0.1) is 19.3 Å². The Kier molecular flexibility index (Phi) is 7.54. The van der Waals surface area contributed by atoms with Crippen LogP contribution in [-0.4, -0.2) is 49.7 Å². The molecule has 0 spiro atoms. The Morgan fingerprint density at radius 2 is 1.44 bits per heavy atom. The molecular formula is C11H13ClF8O4S. The molecule has 0 rings (SSSR count). The van der Waals surface area contributed by atoms with Crippen LogP contribution in [0.1, 0.15) is 25.7 Å². The van der Waals surface area contributed by atoms with E-state index in [9.17, 15) is 48.3 Å². The molecule has 0 saturated heterocycles. The van der Waals surface area contributed by atoms with Crippen LogP contribution in [0.5, 0.6) is 0 Å². The summed E-state index contributed by atoms with van der Waals surface area (Å²) in [7, 11) is -4.45. The maximum Gasteiger partial charge on any atom is 0.453 e. The molecule has 0 amide bonds. The van der Waals surface area contributed by atoms with Gasteiger partial charge >= 0.3 is 24.2 Å². The molecule has 25 heavy (non-hydrogen) atoms. The average molecular weight is 429 g/mol. The second kappa shape index (κ2) is 7.80. The van der Waals surface area contributed by atoms with Gasteiger partial charge in [-0.15, -0.1) is 0 Å². The molecule has 0 aliphatic heterocycles. The molecule has 0 bridgehead atoms. The second-order valence-electron chi connectivity index (χ2n) is 4.96. The fourth-order valence-corrected chi connectivity index (χ4v) is 3.69. The number of hydrogen-bond donors (Lipinski definition) is 0. The number of esters is 1. The third-order valence-electron chi connectivity index (χ3n) is 3.04. The summed E-state index contributed by atoms with van der Waals surface area (Å²) in [4.78, 5) is 11.5. The number of methoxy groups -OCH3 is 1. The first-order chi connectivity index (χ1) is 10.9. The van der Waals surface area contributed by atoms with Crippen molar-refractivity contribution in [3.63, 3.8) is 0 Å². The Labute approximate surface area is 142 Å². The highest BCUT2D eigenvalue weighted by Crippen LogP contribution is 2.41. The third-order valence-corrected chi connectivity index (χ3v) is 6.19. The van der Waals surface area contributed by atoms with Crippen LogP contribution in [0.4, 0.5) is 35.1 Å². The molecule has 0 heterocycles. The number of sulfone groups is 1. The summed E-state index contributed by atoms with van der Waals surface area (Å²) in [5.74, 6) is -8.62. The molecule has 0 radical (unpaired) electrons. The molecule has 0 aliphatic carbocycles. The summed E-state index contributed by atoms with van der Waals surface area (Å²) >= 11 is 5.50. The highest BCUT2D eigenvalue weighted by Gasteiger charge is 2.58. The average Bonchev–Trinajstić information content (AvgIpc) is 2.41. The summed E-state index contributed by atoms with van der Waals surface area (Å²) in [5, 5.41) is 0. The van der Waals surface area contributed by atoms with Gasteiger partial charge in [-0.2, -0.15) is 35.1 Å². The summed E-state index contributed by atoms with van der Waals surface area (Å²) in [6.07, 6.45) is -17.1. The Balaban J connectivity index is 5.33. The lowest BCUT2D eigenvalue weighted by Crippen LogP contribution is -2.45. The van der Waals surface area contributed by atoms with Crippen LogP contribution in [-0.2, 0) is 19.4 Å². The highest BCUT2D eigenvalue weighted by atomic mass is 35.5. The zero-order valence-corrected chi connectivity index (χ0v) is 14.1. The minimum absolute atomic E-state index is 0.628. The first-order valence-electron chi connectivity index (χ1n) is 6.40. The van der Waals surface area contributed by atoms with Gasteiger partial charge in [-0.05, 0) is 12.8 Å². The van der Waals surface area contributed by atoms with Crippen molar-refractivity contribution in [2.45, 2.75) is 48.2 Å². The van der Waals surface area contributed by atoms with Gasteiger partial charge in [0.15, 0.2) is 9.84 Å². The lowest BCUT2D eigenvalue weighted by atomic mass is 10.1. The minimum Gasteiger partial charge on any atom is -0.467 e. The first kappa shape index (κ1) is 24.1. The van der Waals surface area contributed by atoms with E-state index in [2.05, 4.69) is 4.74 Å². The lowest BCUT2D eigenvalue weighted by molar-refractivity contribution is -0.284. The van der Waals surface area contributed by atoms with E-state index < -0.39 is 69.7 Å². The number of ether oxygens (including phenoxy) is 1. The molecule has 0 aromatic rings. The molecule has 1 unspecified atom stereocenters. The van der Waals surface area contributed by atoms with Crippen molar-refractivity contribution in [1.29, 1.82) is 0 Å². The summed E-state index contributed by atoms with van der Waals surface area (Å²) in [6, 6.07) is 0. The van der Waals surface area contributed by atoms with Gasteiger partial charge in [0.2, 0.25) is 4.21 Å². The van der Waals surface area contributed by atoms with E-state index >= 15 is 0 Å². The van der Waals surface area contributed by atoms with Crippen LogP contribution in [0.15, 0.2) is 0 Å². The van der Waals surface area contributed by atoms with Crippen LogP contribution >= 0.6 is 11.6 Å². The van der Waals surface area contributed by atoms with Gasteiger partial charge in [0.25, 0.3) is 0 Å². The lowest BCUT2D eigenvalue weighted by Gasteiger charge is -2.26. The van der Waals surface area contributed by atoms with Gasteiger partial charge in [-0.3, -0.25) is 0 Å². The molecule has 0 aromatic heterocycles. The van der Waals surface area contributed by atoms with E-state index in [1.807, 2.05) is 0 Å². The van der Waals surface area contributed by atoms with Gasteiger partial charge in [-0.1, -0.05) is 11.6 Å². The number of halogens is 9. The van der Waals surface area contributed by atoms with Gasteiger partial charge < -0.3 is 4.74 Å². The van der Waals surface area contributed by atoms with Gasteiger partial charge in [0.1, 0.15) is 0 Å². The number of hydrogen-bond acceptors (Lipinski definition) is 4. The van der Waals surface area contributed by atoms with Crippen molar-refractivity contribution < 1.29 is 53.1 Å². The zero-order chi connectivity index (χ0) is 20.3. The molecular weight excluding hydrogens is 416 g/mol. The summed E-state index contributed by atoms with van der Waals surface area (Å²) < 4.78 is 123. The first-order valence-corrected chi connectivity index (χ1v) is 8.43. The molecule has 0 fully saturated rings. The molecule has 4 nitrogen and oxygen atoms in total. The Morgan fingerprint density at radius 1 is 0.960 bits per heavy atom. The smallest absolute Gasteiger partial charge is 0.453 e. The fraction of sp³-hybridized carbons (Fsp3) is 0.909.